The number of carbonyl (C=O) groups excluding carboxylic acids is 1. The molecule has 2 aromatic heterocycles. The van der Waals surface area contributed by atoms with Crippen molar-refractivity contribution in [2.24, 2.45) is 0 Å². The van der Waals surface area contributed by atoms with Crippen molar-refractivity contribution in [2.45, 2.75) is 18.8 Å². The molecule has 0 unspecified atom stereocenters. The van der Waals surface area contributed by atoms with Crippen molar-refractivity contribution in [3.05, 3.63) is 76.8 Å². The van der Waals surface area contributed by atoms with Gasteiger partial charge in [0, 0.05) is 19.3 Å². The maximum absolute atomic E-state index is 12.9. The zero-order valence-electron chi connectivity index (χ0n) is 15.2. The van der Waals surface area contributed by atoms with Gasteiger partial charge in [-0.3, -0.25) is 9.78 Å². The molecule has 1 aliphatic heterocycles. The molecular weight excluding hydrogens is 372 g/mol. The van der Waals surface area contributed by atoms with E-state index in [1.807, 2.05) is 47.4 Å². The molecule has 0 spiro atoms. The number of amides is 1. The molecule has 142 valence electrons. The van der Waals surface area contributed by atoms with Gasteiger partial charge >= 0.3 is 5.97 Å². The van der Waals surface area contributed by atoms with Crippen molar-refractivity contribution in [3.63, 3.8) is 0 Å². The summed E-state index contributed by atoms with van der Waals surface area (Å²) in [6.07, 6.45) is 3.29. The fourth-order valence-corrected chi connectivity index (χ4v) is 4.65. The fourth-order valence-electron chi connectivity index (χ4n) is 3.70. The molecule has 1 aromatic carbocycles. The number of aromatic nitrogens is 1. The smallest absolute Gasteiger partial charge is 0.335 e. The average Bonchev–Trinajstić information content (AvgIpc) is 3.24. The summed E-state index contributed by atoms with van der Waals surface area (Å²) in [6.45, 7) is 1.27. The van der Waals surface area contributed by atoms with Crippen LogP contribution in [0.1, 0.15) is 44.4 Å². The molecule has 0 aliphatic carbocycles. The Morgan fingerprint density at radius 3 is 2.46 bits per heavy atom. The van der Waals surface area contributed by atoms with Crippen LogP contribution in [-0.4, -0.2) is 40.0 Å². The van der Waals surface area contributed by atoms with E-state index in [9.17, 15) is 14.7 Å². The second kappa shape index (κ2) is 7.94. The van der Waals surface area contributed by atoms with E-state index in [0.29, 0.717) is 23.5 Å². The van der Waals surface area contributed by atoms with Gasteiger partial charge in [-0.2, -0.15) is 0 Å². The number of pyridine rings is 1. The number of rotatable bonds is 4. The molecule has 3 heterocycles. The van der Waals surface area contributed by atoms with Gasteiger partial charge in [0.2, 0.25) is 0 Å². The Labute approximate surface area is 167 Å². The predicted octanol–water partition coefficient (Wildman–Crippen LogP) is 4.53. The third kappa shape index (κ3) is 3.68. The van der Waals surface area contributed by atoms with E-state index in [-0.39, 0.29) is 11.8 Å². The molecule has 28 heavy (non-hydrogen) atoms. The first-order valence-corrected chi connectivity index (χ1v) is 10.1. The predicted molar refractivity (Wildman–Crippen MR) is 109 cm³/mol. The number of carboxylic acid groups (broad SMARTS) is 1. The first-order valence-electron chi connectivity index (χ1n) is 9.26. The van der Waals surface area contributed by atoms with E-state index in [4.69, 9.17) is 0 Å². The molecular formula is C22H20N2O3S. The summed E-state index contributed by atoms with van der Waals surface area (Å²) in [5.41, 5.74) is 2.11. The SMILES string of the molecule is O=C(O)c1ccccc1C1CCN(C(=O)c2ccc(-c3ccccn3)s2)CC1. The molecule has 0 saturated carbocycles. The van der Waals surface area contributed by atoms with Gasteiger partial charge in [-0.05, 0) is 54.7 Å². The number of hydrogen-bond acceptors (Lipinski definition) is 4. The molecule has 5 nitrogen and oxygen atoms in total. The normalized spacial score (nSPS) is 14.8. The molecule has 0 bridgehead atoms. The lowest BCUT2D eigenvalue weighted by Gasteiger charge is -2.32. The minimum absolute atomic E-state index is 0.0390. The van der Waals surface area contributed by atoms with Gasteiger partial charge in [0.1, 0.15) is 0 Å². The molecule has 3 aromatic rings. The highest BCUT2D eigenvalue weighted by molar-refractivity contribution is 7.17. The maximum Gasteiger partial charge on any atom is 0.335 e. The number of likely N-dealkylation sites (tertiary alicyclic amines) is 1. The summed E-state index contributed by atoms with van der Waals surface area (Å²) in [6, 6.07) is 16.7. The van der Waals surface area contributed by atoms with Crippen molar-refractivity contribution in [2.75, 3.05) is 13.1 Å². The molecule has 4 rings (SSSR count). The lowest BCUT2D eigenvalue weighted by molar-refractivity contribution is 0.0681. The van der Waals surface area contributed by atoms with Gasteiger partial charge in [-0.15, -0.1) is 11.3 Å². The fraction of sp³-hybridized carbons (Fsp3) is 0.227. The lowest BCUT2D eigenvalue weighted by atomic mass is 9.86. The molecule has 1 aliphatic rings. The van der Waals surface area contributed by atoms with Crippen LogP contribution in [0.25, 0.3) is 10.6 Å². The number of nitrogens with zero attached hydrogens (tertiary/aromatic N) is 2. The standard InChI is InChI=1S/C22H20N2O3S/c25-21(20-9-8-19(28-20)18-7-3-4-12-23-18)24-13-10-15(11-14-24)16-5-1-2-6-17(16)22(26)27/h1-9,12,15H,10-11,13-14H2,(H,26,27). The third-order valence-electron chi connectivity index (χ3n) is 5.15. The maximum atomic E-state index is 12.9. The van der Waals surface area contributed by atoms with Crippen LogP contribution in [0.5, 0.6) is 0 Å². The number of carboxylic acids is 1. The van der Waals surface area contributed by atoms with Gasteiger partial charge in [-0.25, -0.2) is 4.79 Å². The first-order chi connectivity index (χ1) is 13.6. The second-order valence-corrected chi connectivity index (χ2v) is 7.92. The van der Waals surface area contributed by atoms with E-state index in [0.717, 1.165) is 29.0 Å². The van der Waals surface area contributed by atoms with Crippen LogP contribution in [0.3, 0.4) is 0 Å². The minimum Gasteiger partial charge on any atom is -0.478 e. The van der Waals surface area contributed by atoms with Crippen LogP contribution in [0.15, 0.2) is 60.8 Å². The van der Waals surface area contributed by atoms with Gasteiger partial charge in [-0.1, -0.05) is 24.3 Å². The number of hydrogen-bond donors (Lipinski definition) is 1. The Balaban J connectivity index is 1.44. The van der Waals surface area contributed by atoms with Crippen LogP contribution < -0.4 is 0 Å². The summed E-state index contributed by atoms with van der Waals surface area (Å²) in [7, 11) is 0. The monoisotopic (exact) mass is 392 g/mol. The van der Waals surface area contributed by atoms with Crippen LogP contribution in [0, 0.1) is 0 Å². The van der Waals surface area contributed by atoms with Crippen molar-refractivity contribution in [3.8, 4) is 10.6 Å². The van der Waals surface area contributed by atoms with E-state index >= 15 is 0 Å². The Morgan fingerprint density at radius 1 is 1.00 bits per heavy atom. The van der Waals surface area contributed by atoms with E-state index in [1.54, 1.807) is 18.3 Å². The molecule has 0 radical (unpaired) electrons. The topological polar surface area (TPSA) is 70.5 Å². The zero-order valence-corrected chi connectivity index (χ0v) is 16.1. The zero-order chi connectivity index (χ0) is 19.5. The lowest BCUT2D eigenvalue weighted by Crippen LogP contribution is -2.37. The van der Waals surface area contributed by atoms with Gasteiger partial charge in [0.05, 0.1) is 21.0 Å². The Morgan fingerprint density at radius 2 is 1.75 bits per heavy atom. The van der Waals surface area contributed by atoms with Crippen molar-refractivity contribution in [1.82, 2.24) is 9.88 Å². The first kappa shape index (κ1) is 18.4. The number of aromatic carboxylic acids is 1. The van der Waals surface area contributed by atoms with Gasteiger partial charge < -0.3 is 10.0 Å². The van der Waals surface area contributed by atoms with E-state index in [2.05, 4.69) is 4.98 Å². The number of thiophene rings is 1. The van der Waals surface area contributed by atoms with Crippen LogP contribution in [-0.2, 0) is 0 Å². The Kier molecular flexibility index (Phi) is 5.21. The van der Waals surface area contributed by atoms with Crippen LogP contribution in [0.2, 0.25) is 0 Å². The van der Waals surface area contributed by atoms with Crippen LogP contribution >= 0.6 is 11.3 Å². The molecule has 1 amide bonds. The largest absolute Gasteiger partial charge is 0.478 e. The summed E-state index contributed by atoms with van der Waals surface area (Å²) in [5, 5.41) is 9.41. The Bertz CT molecular complexity index is 992. The van der Waals surface area contributed by atoms with E-state index < -0.39 is 5.97 Å². The van der Waals surface area contributed by atoms with Gasteiger partial charge in [0.25, 0.3) is 5.91 Å². The highest BCUT2D eigenvalue weighted by atomic mass is 32.1. The highest BCUT2D eigenvalue weighted by Gasteiger charge is 2.27. The Hall–Kier alpha value is -2.99. The molecule has 6 heteroatoms. The molecule has 1 saturated heterocycles. The highest BCUT2D eigenvalue weighted by Crippen LogP contribution is 2.32. The average molecular weight is 392 g/mol. The molecule has 1 fully saturated rings. The molecule has 0 atom stereocenters. The van der Waals surface area contributed by atoms with Crippen LogP contribution in [0.4, 0.5) is 0 Å². The van der Waals surface area contributed by atoms with Crippen molar-refractivity contribution < 1.29 is 14.7 Å². The van der Waals surface area contributed by atoms with Crippen molar-refractivity contribution >= 4 is 23.2 Å². The van der Waals surface area contributed by atoms with Crippen molar-refractivity contribution in [1.29, 1.82) is 0 Å². The minimum atomic E-state index is -0.894. The van der Waals surface area contributed by atoms with E-state index in [1.165, 1.54) is 11.3 Å². The summed E-state index contributed by atoms with van der Waals surface area (Å²) >= 11 is 1.46. The summed E-state index contributed by atoms with van der Waals surface area (Å²) in [5.74, 6) is -0.685. The molecule has 1 N–H and O–H groups in total. The quantitative estimate of drug-likeness (QED) is 0.708. The number of carbonyl (C=O) groups is 2. The number of piperidine rings is 1. The number of benzene rings is 1. The third-order valence-corrected chi connectivity index (χ3v) is 6.24. The second-order valence-electron chi connectivity index (χ2n) is 6.84. The summed E-state index contributed by atoms with van der Waals surface area (Å²) in [4.78, 5) is 32.3. The summed E-state index contributed by atoms with van der Waals surface area (Å²) < 4.78 is 0. The van der Waals surface area contributed by atoms with Gasteiger partial charge in [0.15, 0.2) is 0 Å².